The fourth-order valence-electron chi connectivity index (χ4n) is 7.20. The number of β-amino-alcohol motifs (C(OH)–C–C–N with tert-alkyl or cyclic N) is 1. The summed E-state index contributed by atoms with van der Waals surface area (Å²) in [6.45, 7) is 8.74. The van der Waals surface area contributed by atoms with Gasteiger partial charge >= 0.3 is 0 Å². The Morgan fingerprint density at radius 1 is 1.11 bits per heavy atom. The number of aliphatic hydroxyl groups excluding tert-OH is 1. The van der Waals surface area contributed by atoms with Crippen molar-refractivity contribution in [2.75, 3.05) is 63.9 Å². The van der Waals surface area contributed by atoms with Gasteiger partial charge in [0.1, 0.15) is 0 Å². The van der Waals surface area contributed by atoms with E-state index in [4.69, 9.17) is 4.74 Å². The molecule has 1 aliphatic carbocycles. The van der Waals surface area contributed by atoms with E-state index in [1.165, 1.54) is 56.1 Å². The average molecular weight is 513 g/mol. The van der Waals surface area contributed by atoms with Gasteiger partial charge in [0.05, 0.1) is 31.3 Å². The molecule has 1 saturated carbocycles. The lowest BCUT2D eigenvalue weighted by Crippen LogP contribution is -2.53. The number of hydrogen-bond acceptors (Lipinski definition) is 6. The maximum absolute atomic E-state index is 14.1. The number of benzene rings is 1. The van der Waals surface area contributed by atoms with Crippen molar-refractivity contribution in [3.8, 4) is 0 Å². The SMILES string of the molecule is CCN(CC(O)CN1C(=O)C2(CCNCC2)c2cc(CC3CCCCCCC3)ccc21)N1CCOCC1. The first-order valence-corrected chi connectivity index (χ1v) is 15.0. The van der Waals surface area contributed by atoms with E-state index in [0.717, 1.165) is 76.8 Å². The molecule has 7 nitrogen and oxygen atoms in total. The number of fused-ring (bicyclic) bond motifs is 2. The molecule has 0 radical (unpaired) electrons. The number of amides is 1. The van der Waals surface area contributed by atoms with Crippen molar-refractivity contribution in [3.05, 3.63) is 29.3 Å². The van der Waals surface area contributed by atoms with Gasteiger partial charge < -0.3 is 20.1 Å². The fraction of sp³-hybridized carbons (Fsp3) is 0.767. The largest absolute Gasteiger partial charge is 0.390 e. The number of likely N-dealkylation sites (N-methyl/N-ethyl adjacent to an activating group) is 1. The van der Waals surface area contributed by atoms with Crippen LogP contribution in [0.15, 0.2) is 18.2 Å². The summed E-state index contributed by atoms with van der Waals surface area (Å²) in [4.78, 5) is 16.0. The lowest BCUT2D eigenvalue weighted by molar-refractivity contribution is -0.125. The van der Waals surface area contributed by atoms with Crippen LogP contribution in [-0.4, -0.2) is 86.2 Å². The number of carbonyl (C=O) groups is 1. The summed E-state index contributed by atoms with van der Waals surface area (Å²) in [7, 11) is 0. The number of anilines is 1. The van der Waals surface area contributed by atoms with Crippen LogP contribution in [-0.2, 0) is 21.4 Å². The Labute approximate surface area is 223 Å². The molecule has 2 saturated heterocycles. The van der Waals surface area contributed by atoms with E-state index in [0.29, 0.717) is 13.1 Å². The van der Waals surface area contributed by atoms with Crippen LogP contribution in [0.25, 0.3) is 0 Å². The van der Waals surface area contributed by atoms with Gasteiger partial charge in [0.25, 0.3) is 0 Å². The van der Waals surface area contributed by atoms with Crippen LogP contribution >= 0.6 is 0 Å². The smallest absolute Gasteiger partial charge is 0.237 e. The summed E-state index contributed by atoms with van der Waals surface area (Å²) in [5, 5.41) is 19.1. The summed E-state index contributed by atoms with van der Waals surface area (Å²) >= 11 is 0. The van der Waals surface area contributed by atoms with E-state index in [9.17, 15) is 9.90 Å². The Balaban J connectivity index is 1.33. The third-order valence-electron chi connectivity index (χ3n) is 9.30. The van der Waals surface area contributed by atoms with Gasteiger partial charge in [-0.1, -0.05) is 64.0 Å². The maximum Gasteiger partial charge on any atom is 0.237 e. The lowest BCUT2D eigenvalue weighted by Gasteiger charge is -2.38. The van der Waals surface area contributed by atoms with Crippen molar-refractivity contribution in [2.45, 2.75) is 82.7 Å². The van der Waals surface area contributed by atoms with Crippen molar-refractivity contribution >= 4 is 11.6 Å². The standard InChI is InChI=1S/C30H48N4O3/c1-2-32(33-16-18-37-19-17-33)22-26(35)23-34-28-11-10-25(20-24-8-6-4-3-5-7-9-24)21-27(28)30(29(34)36)12-14-31-15-13-30/h10-11,21,24,26,31,35H,2-9,12-20,22-23H2,1H3. The number of morpholine rings is 1. The Hall–Kier alpha value is -1.51. The van der Waals surface area contributed by atoms with Crippen LogP contribution < -0.4 is 10.2 Å². The van der Waals surface area contributed by atoms with Crippen LogP contribution in [0.4, 0.5) is 5.69 Å². The van der Waals surface area contributed by atoms with Gasteiger partial charge in [-0.05, 0) is 55.5 Å². The van der Waals surface area contributed by atoms with Gasteiger partial charge in [0.15, 0.2) is 0 Å². The van der Waals surface area contributed by atoms with E-state index in [2.05, 4.69) is 40.5 Å². The molecule has 3 aliphatic heterocycles. The molecule has 1 amide bonds. The Bertz CT molecular complexity index is 889. The minimum atomic E-state index is -0.605. The molecule has 206 valence electrons. The third kappa shape index (κ3) is 6.06. The first-order valence-electron chi connectivity index (χ1n) is 15.0. The molecule has 1 spiro atoms. The second kappa shape index (κ2) is 12.6. The molecule has 0 bridgehead atoms. The minimum absolute atomic E-state index is 0.195. The van der Waals surface area contributed by atoms with Crippen molar-refractivity contribution in [3.63, 3.8) is 0 Å². The Morgan fingerprint density at radius 3 is 2.51 bits per heavy atom. The number of piperidine rings is 1. The lowest BCUT2D eigenvalue weighted by atomic mass is 9.73. The van der Waals surface area contributed by atoms with Gasteiger partial charge in [-0.2, -0.15) is 0 Å². The summed E-state index contributed by atoms with van der Waals surface area (Å²) in [6.07, 6.45) is 11.7. The molecule has 2 N–H and O–H groups in total. The van der Waals surface area contributed by atoms with Crippen molar-refractivity contribution in [1.29, 1.82) is 0 Å². The monoisotopic (exact) mass is 512 g/mol. The van der Waals surface area contributed by atoms with Gasteiger partial charge in [0.2, 0.25) is 5.91 Å². The van der Waals surface area contributed by atoms with E-state index in [1.807, 2.05) is 4.90 Å². The number of hydrogen-bond donors (Lipinski definition) is 2. The normalized spacial score (nSPS) is 24.3. The van der Waals surface area contributed by atoms with Crippen molar-refractivity contribution in [1.82, 2.24) is 15.3 Å². The molecule has 4 aliphatic rings. The zero-order chi connectivity index (χ0) is 25.7. The zero-order valence-corrected chi connectivity index (χ0v) is 22.9. The molecule has 1 aromatic rings. The van der Waals surface area contributed by atoms with Crippen LogP contribution in [0.5, 0.6) is 0 Å². The minimum Gasteiger partial charge on any atom is -0.390 e. The van der Waals surface area contributed by atoms with Crippen LogP contribution in [0.1, 0.15) is 75.8 Å². The van der Waals surface area contributed by atoms with Crippen LogP contribution in [0.2, 0.25) is 0 Å². The number of nitrogens with one attached hydrogen (secondary N) is 1. The van der Waals surface area contributed by atoms with Crippen LogP contribution in [0.3, 0.4) is 0 Å². The molecule has 5 rings (SSSR count). The Kier molecular flexibility index (Phi) is 9.19. The molecule has 37 heavy (non-hydrogen) atoms. The molecule has 1 aromatic carbocycles. The Morgan fingerprint density at radius 2 is 1.81 bits per heavy atom. The highest BCUT2D eigenvalue weighted by atomic mass is 16.5. The third-order valence-corrected chi connectivity index (χ3v) is 9.30. The van der Waals surface area contributed by atoms with Crippen molar-refractivity contribution in [2.24, 2.45) is 5.92 Å². The second-order valence-electron chi connectivity index (χ2n) is 11.7. The highest BCUT2D eigenvalue weighted by molar-refractivity contribution is 6.08. The maximum atomic E-state index is 14.1. The molecular weight excluding hydrogens is 464 g/mol. The molecule has 7 heteroatoms. The first-order chi connectivity index (χ1) is 18.1. The number of ether oxygens (including phenoxy) is 1. The summed E-state index contributed by atoms with van der Waals surface area (Å²) in [5.74, 6) is 0.957. The van der Waals surface area contributed by atoms with Gasteiger partial charge in [0, 0.05) is 31.9 Å². The molecular formula is C30H48N4O3. The fourth-order valence-corrected chi connectivity index (χ4v) is 7.20. The molecule has 3 fully saturated rings. The predicted octanol–water partition coefficient (Wildman–Crippen LogP) is 3.49. The summed E-state index contributed by atoms with van der Waals surface area (Å²) in [5.41, 5.74) is 3.20. The number of aliphatic hydroxyl groups is 1. The number of hydrazine groups is 1. The molecule has 3 heterocycles. The molecule has 1 unspecified atom stereocenters. The zero-order valence-electron chi connectivity index (χ0n) is 22.9. The molecule has 0 aromatic heterocycles. The first kappa shape index (κ1) is 27.1. The van der Waals surface area contributed by atoms with Gasteiger partial charge in [-0.25, -0.2) is 10.0 Å². The summed E-state index contributed by atoms with van der Waals surface area (Å²) < 4.78 is 5.50. The van der Waals surface area contributed by atoms with Gasteiger partial charge in [-0.3, -0.25) is 4.79 Å². The quantitative estimate of drug-likeness (QED) is 0.556. The predicted molar refractivity (Wildman–Crippen MR) is 148 cm³/mol. The highest BCUT2D eigenvalue weighted by Crippen LogP contribution is 2.47. The van der Waals surface area contributed by atoms with E-state index < -0.39 is 11.5 Å². The van der Waals surface area contributed by atoms with Crippen molar-refractivity contribution < 1.29 is 14.6 Å². The average Bonchev–Trinajstić information content (AvgIpc) is 3.12. The number of carbonyl (C=O) groups excluding carboxylic acids is 1. The van der Waals surface area contributed by atoms with Crippen LogP contribution in [0, 0.1) is 5.92 Å². The van der Waals surface area contributed by atoms with E-state index >= 15 is 0 Å². The van der Waals surface area contributed by atoms with Gasteiger partial charge in [-0.15, -0.1) is 0 Å². The second-order valence-corrected chi connectivity index (χ2v) is 11.7. The summed E-state index contributed by atoms with van der Waals surface area (Å²) in [6, 6.07) is 6.82. The molecule has 1 atom stereocenters. The van der Waals surface area contributed by atoms with E-state index in [-0.39, 0.29) is 5.91 Å². The number of nitrogens with zero attached hydrogens (tertiary/aromatic N) is 3. The number of rotatable bonds is 8. The van der Waals surface area contributed by atoms with E-state index in [1.54, 1.807) is 0 Å². The topological polar surface area (TPSA) is 68.3 Å². The highest BCUT2D eigenvalue weighted by Gasteiger charge is 2.51.